The van der Waals surface area contributed by atoms with Crippen LogP contribution in [-0.2, 0) is 10.2 Å². The fraction of sp³-hybridized carbons (Fsp3) is 0.588. The first-order valence-corrected chi connectivity index (χ1v) is 7.65. The van der Waals surface area contributed by atoms with Gasteiger partial charge in [0.25, 0.3) is 0 Å². The van der Waals surface area contributed by atoms with Gasteiger partial charge in [-0.25, -0.2) is 0 Å². The van der Waals surface area contributed by atoms with Gasteiger partial charge in [0.15, 0.2) is 0 Å². The molecule has 110 valence electrons. The summed E-state index contributed by atoms with van der Waals surface area (Å²) in [6.45, 7) is 2.99. The van der Waals surface area contributed by atoms with E-state index in [2.05, 4.69) is 6.92 Å². The number of likely N-dealkylation sites (tertiary alicyclic amines) is 1. The number of hydrogen-bond donors (Lipinski definition) is 1. The van der Waals surface area contributed by atoms with Crippen LogP contribution in [0, 0.1) is 0 Å². The van der Waals surface area contributed by atoms with E-state index in [0.29, 0.717) is 0 Å². The molecule has 1 aliphatic heterocycles. The molecule has 3 nitrogen and oxygen atoms in total. The molecule has 0 saturated carbocycles. The molecule has 1 saturated heterocycles. The lowest BCUT2D eigenvalue weighted by molar-refractivity contribution is -0.136. The Morgan fingerprint density at radius 2 is 2.15 bits per heavy atom. The molecule has 3 heteroatoms. The van der Waals surface area contributed by atoms with E-state index in [1.165, 1.54) is 0 Å². The van der Waals surface area contributed by atoms with E-state index in [0.717, 1.165) is 50.6 Å². The zero-order valence-electron chi connectivity index (χ0n) is 12.6. The minimum atomic E-state index is -0.444. The lowest BCUT2D eigenvalue weighted by Crippen LogP contribution is -2.44. The molecule has 1 unspecified atom stereocenters. The van der Waals surface area contributed by atoms with Gasteiger partial charge in [-0.3, -0.25) is 4.79 Å². The average molecular weight is 275 g/mol. The Hall–Kier alpha value is -1.51. The van der Waals surface area contributed by atoms with E-state index in [4.69, 9.17) is 0 Å². The largest absolute Gasteiger partial charge is 0.508 e. The number of phenols is 1. The van der Waals surface area contributed by atoms with Crippen LogP contribution >= 0.6 is 0 Å². The van der Waals surface area contributed by atoms with E-state index in [-0.39, 0.29) is 11.7 Å². The SMILES string of the molecule is CCCCC1(c2cccc(O)c2)CCCCN(C)C1=O. The second-order valence-electron chi connectivity index (χ2n) is 5.92. The number of benzene rings is 1. The number of carbonyl (C=O) groups excluding carboxylic acids is 1. The third-order valence-corrected chi connectivity index (χ3v) is 4.46. The molecule has 0 aliphatic carbocycles. The summed E-state index contributed by atoms with van der Waals surface area (Å²) in [6.07, 6.45) is 6.01. The molecule has 20 heavy (non-hydrogen) atoms. The van der Waals surface area contributed by atoms with Crippen LogP contribution < -0.4 is 0 Å². The van der Waals surface area contributed by atoms with Crippen LogP contribution in [0.3, 0.4) is 0 Å². The molecule has 1 fully saturated rings. The van der Waals surface area contributed by atoms with Gasteiger partial charge < -0.3 is 10.0 Å². The van der Waals surface area contributed by atoms with Crippen LogP contribution in [0.4, 0.5) is 0 Å². The molecular weight excluding hydrogens is 250 g/mol. The van der Waals surface area contributed by atoms with Crippen molar-refractivity contribution in [3.63, 3.8) is 0 Å². The van der Waals surface area contributed by atoms with E-state index in [1.54, 1.807) is 12.1 Å². The number of amides is 1. The van der Waals surface area contributed by atoms with Gasteiger partial charge in [0.05, 0.1) is 5.41 Å². The Bertz CT molecular complexity index is 472. The topological polar surface area (TPSA) is 40.5 Å². The fourth-order valence-corrected chi connectivity index (χ4v) is 3.28. The molecule has 0 spiro atoms. The number of nitrogens with zero attached hydrogens (tertiary/aromatic N) is 1. The summed E-state index contributed by atoms with van der Waals surface area (Å²) in [5.74, 6) is 0.465. The van der Waals surface area contributed by atoms with Crippen molar-refractivity contribution in [1.82, 2.24) is 4.90 Å². The highest BCUT2D eigenvalue weighted by Gasteiger charge is 2.42. The monoisotopic (exact) mass is 275 g/mol. The van der Waals surface area contributed by atoms with Crippen molar-refractivity contribution in [2.75, 3.05) is 13.6 Å². The van der Waals surface area contributed by atoms with Crippen molar-refractivity contribution in [2.45, 2.75) is 50.9 Å². The van der Waals surface area contributed by atoms with E-state index in [9.17, 15) is 9.90 Å². The highest BCUT2D eigenvalue weighted by atomic mass is 16.3. The molecule has 1 N–H and O–H groups in total. The molecule has 2 rings (SSSR count). The quantitative estimate of drug-likeness (QED) is 0.914. The van der Waals surface area contributed by atoms with Crippen LogP contribution in [0.15, 0.2) is 24.3 Å². The van der Waals surface area contributed by atoms with Crippen LogP contribution in [0.2, 0.25) is 0 Å². The van der Waals surface area contributed by atoms with E-state index >= 15 is 0 Å². The van der Waals surface area contributed by atoms with Gasteiger partial charge in [0.2, 0.25) is 5.91 Å². The average Bonchev–Trinajstić information content (AvgIpc) is 2.59. The summed E-state index contributed by atoms with van der Waals surface area (Å²) >= 11 is 0. The van der Waals surface area contributed by atoms with Crippen molar-refractivity contribution in [3.8, 4) is 5.75 Å². The van der Waals surface area contributed by atoms with E-state index in [1.807, 2.05) is 24.1 Å². The van der Waals surface area contributed by atoms with Crippen molar-refractivity contribution in [1.29, 1.82) is 0 Å². The van der Waals surface area contributed by atoms with Gasteiger partial charge in [-0.1, -0.05) is 38.3 Å². The molecule has 0 aromatic heterocycles. The third kappa shape index (κ3) is 2.82. The number of likely N-dealkylation sites (N-methyl/N-ethyl adjacent to an activating group) is 1. The second-order valence-corrected chi connectivity index (χ2v) is 5.92. The molecule has 0 bridgehead atoms. The molecule has 1 atom stereocenters. The Labute approximate surface area is 121 Å². The zero-order valence-corrected chi connectivity index (χ0v) is 12.6. The Balaban J connectivity index is 2.45. The minimum absolute atomic E-state index is 0.217. The van der Waals surface area contributed by atoms with Crippen molar-refractivity contribution in [2.24, 2.45) is 0 Å². The highest BCUT2D eigenvalue weighted by molar-refractivity contribution is 5.88. The predicted molar refractivity (Wildman–Crippen MR) is 80.8 cm³/mol. The Morgan fingerprint density at radius 1 is 1.35 bits per heavy atom. The minimum Gasteiger partial charge on any atom is -0.508 e. The molecule has 1 amide bonds. The van der Waals surface area contributed by atoms with Crippen molar-refractivity contribution in [3.05, 3.63) is 29.8 Å². The molecule has 0 radical (unpaired) electrons. The van der Waals surface area contributed by atoms with Crippen LogP contribution in [0.5, 0.6) is 5.75 Å². The number of aromatic hydroxyl groups is 1. The van der Waals surface area contributed by atoms with Gasteiger partial charge in [-0.15, -0.1) is 0 Å². The van der Waals surface area contributed by atoms with Gasteiger partial charge in [-0.2, -0.15) is 0 Å². The summed E-state index contributed by atoms with van der Waals surface area (Å²) < 4.78 is 0. The molecule has 1 aromatic rings. The zero-order chi connectivity index (χ0) is 14.6. The van der Waals surface area contributed by atoms with Gasteiger partial charge >= 0.3 is 0 Å². The standard InChI is InChI=1S/C17H25NO2/c1-3-4-10-17(14-8-7-9-15(19)13-14)11-5-6-12-18(2)16(17)20/h7-9,13,19H,3-6,10-12H2,1-2H3. The first kappa shape index (κ1) is 14.9. The van der Waals surface area contributed by atoms with Crippen LogP contribution in [-0.4, -0.2) is 29.5 Å². The van der Waals surface area contributed by atoms with Crippen LogP contribution in [0.1, 0.15) is 51.0 Å². The first-order valence-electron chi connectivity index (χ1n) is 7.65. The van der Waals surface area contributed by atoms with Gasteiger partial charge in [-0.05, 0) is 37.0 Å². The fourth-order valence-electron chi connectivity index (χ4n) is 3.28. The summed E-state index contributed by atoms with van der Waals surface area (Å²) in [6, 6.07) is 7.28. The second kappa shape index (κ2) is 6.29. The molecular formula is C17H25NO2. The number of rotatable bonds is 4. The smallest absolute Gasteiger partial charge is 0.232 e. The van der Waals surface area contributed by atoms with E-state index < -0.39 is 5.41 Å². The normalized spacial score (nSPS) is 23.7. The molecule has 1 aliphatic rings. The van der Waals surface area contributed by atoms with Gasteiger partial charge in [0.1, 0.15) is 5.75 Å². The Kier molecular flexibility index (Phi) is 4.69. The van der Waals surface area contributed by atoms with Crippen molar-refractivity contribution >= 4 is 5.91 Å². The number of hydrogen-bond acceptors (Lipinski definition) is 2. The summed E-state index contributed by atoms with van der Waals surface area (Å²) in [5.41, 5.74) is 0.532. The number of carbonyl (C=O) groups is 1. The van der Waals surface area contributed by atoms with Gasteiger partial charge in [0, 0.05) is 13.6 Å². The maximum atomic E-state index is 12.9. The highest BCUT2D eigenvalue weighted by Crippen LogP contribution is 2.39. The summed E-state index contributed by atoms with van der Waals surface area (Å²) in [5, 5.41) is 9.78. The number of phenolic OH excluding ortho intramolecular Hbond substituents is 1. The predicted octanol–water partition coefficient (Wildman–Crippen LogP) is 3.46. The third-order valence-electron chi connectivity index (χ3n) is 4.46. The molecule has 1 aromatic carbocycles. The molecule has 1 heterocycles. The van der Waals surface area contributed by atoms with Crippen molar-refractivity contribution < 1.29 is 9.90 Å². The summed E-state index contributed by atoms with van der Waals surface area (Å²) in [7, 11) is 1.90. The lowest BCUT2D eigenvalue weighted by atomic mass is 9.72. The maximum absolute atomic E-state index is 12.9. The maximum Gasteiger partial charge on any atom is 0.232 e. The lowest BCUT2D eigenvalue weighted by Gasteiger charge is -2.34. The van der Waals surface area contributed by atoms with Crippen LogP contribution in [0.25, 0.3) is 0 Å². The Morgan fingerprint density at radius 3 is 2.85 bits per heavy atom. The first-order chi connectivity index (χ1) is 9.60. The number of unbranched alkanes of at least 4 members (excludes halogenated alkanes) is 1. The summed E-state index contributed by atoms with van der Waals surface area (Å²) in [4.78, 5) is 14.8.